The topological polar surface area (TPSA) is 78.1 Å². The van der Waals surface area contributed by atoms with Crippen LogP contribution in [0, 0.1) is 12.3 Å². The predicted molar refractivity (Wildman–Crippen MR) is 82.5 cm³/mol. The Morgan fingerprint density at radius 2 is 2.10 bits per heavy atom. The van der Waals surface area contributed by atoms with Crippen molar-refractivity contribution in [2.45, 2.75) is 58.5 Å². The van der Waals surface area contributed by atoms with E-state index in [1.807, 2.05) is 13.8 Å². The van der Waals surface area contributed by atoms with Crippen molar-refractivity contribution in [3.05, 3.63) is 11.4 Å². The van der Waals surface area contributed by atoms with Gasteiger partial charge in [0.25, 0.3) is 0 Å². The van der Waals surface area contributed by atoms with Gasteiger partial charge in [0.15, 0.2) is 0 Å². The van der Waals surface area contributed by atoms with Crippen LogP contribution in [0.3, 0.4) is 0 Å². The van der Waals surface area contributed by atoms with Gasteiger partial charge in [0, 0.05) is 25.7 Å². The third-order valence-corrected chi connectivity index (χ3v) is 5.93. The minimum absolute atomic E-state index is 0.0427. The minimum Gasteiger partial charge on any atom is -0.309 e. The first-order valence-electron chi connectivity index (χ1n) is 7.41. The van der Waals surface area contributed by atoms with Gasteiger partial charge < -0.3 is 5.32 Å². The summed E-state index contributed by atoms with van der Waals surface area (Å²) in [5.74, 6) is 0. The second-order valence-corrected chi connectivity index (χ2v) is 8.79. The van der Waals surface area contributed by atoms with Crippen molar-refractivity contribution < 1.29 is 8.42 Å². The van der Waals surface area contributed by atoms with E-state index >= 15 is 0 Å². The Kier molecular flexibility index (Phi) is 4.46. The molecule has 0 bridgehead atoms. The molecule has 1 fully saturated rings. The Morgan fingerprint density at radius 3 is 2.62 bits per heavy atom. The van der Waals surface area contributed by atoms with Crippen LogP contribution in [-0.2, 0) is 16.6 Å². The van der Waals surface area contributed by atoms with Crippen LogP contribution in [0.4, 0.5) is 0 Å². The van der Waals surface area contributed by atoms with Crippen molar-refractivity contribution in [1.29, 1.82) is 0 Å². The Labute approximate surface area is 127 Å². The van der Waals surface area contributed by atoms with Crippen LogP contribution < -0.4 is 5.32 Å². The molecular formula is C14H26N4O2S. The molecular weight excluding hydrogens is 288 g/mol. The third kappa shape index (κ3) is 3.46. The number of H-pyrrole nitrogens is 1. The molecule has 2 rings (SSSR count). The molecule has 1 aliphatic heterocycles. The molecule has 1 saturated heterocycles. The summed E-state index contributed by atoms with van der Waals surface area (Å²) in [5, 5.41) is 10.2. The van der Waals surface area contributed by atoms with Crippen molar-refractivity contribution in [3.8, 4) is 0 Å². The Bertz CT molecular complexity index is 604. The largest absolute Gasteiger partial charge is 0.309 e. The zero-order valence-electron chi connectivity index (χ0n) is 13.5. The molecule has 0 unspecified atom stereocenters. The van der Waals surface area contributed by atoms with Gasteiger partial charge in [0.05, 0.1) is 11.4 Å². The van der Waals surface area contributed by atoms with Gasteiger partial charge in [-0.25, -0.2) is 8.42 Å². The van der Waals surface area contributed by atoms with Crippen molar-refractivity contribution in [1.82, 2.24) is 19.8 Å². The van der Waals surface area contributed by atoms with Crippen molar-refractivity contribution in [2.75, 3.05) is 13.1 Å². The molecule has 0 saturated carbocycles. The van der Waals surface area contributed by atoms with Crippen LogP contribution in [0.5, 0.6) is 0 Å². The normalized spacial score (nSPS) is 19.5. The number of sulfonamides is 1. The summed E-state index contributed by atoms with van der Waals surface area (Å²) in [6, 6.07) is 0.281. The van der Waals surface area contributed by atoms with Gasteiger partial charge in [-0.1, -0.05) is 27.7 Å². The summed E-state index contributed by atoms with van der Waals surface area (Å²) >= 11 is 0. The van der Waals surface area contributed by atoms with Crippen LogP contribution in [0.1, 0.15) is 45.5 Å². The third-order valence-electron chi connectivity index (χ3n) is 3.88. The van der Waals surface area contributed by atoms with Crippen molar-refractivity contribution >= 4 is 10.0 Å². The molecule has 0 atom stereocenters. The first kappa shape index (κ1) is 16.5. The minimum atomic E-state index is -3.48. The molecule has 1 aliphatic rings. The van der Waals surface area contributed by atoms with E-state index in [-0.39, 0.29) is 11.5 Å². The van der Waals surface area contributed by atoms with Gasteiger partial charge in [-0.3, -0.25) is 5.10 Å². The highest BCUT2D eigenvalue weighted by Crippen LogP contribution is 2.34. The maximum Gasteiger partial charge on any atom is 0.246 e. The molecule has 7 heteroatoms. The quantitative estimate of drug-likeness (QED) is 0.866. The van der Waals surface area contributed by atoms with Crippen molar-refractivity contribution in [3.63, 3.8) is 0 Å². The SMILES string of the molecule is Cc1[nH]nc(CNC(C)C)c1S(=O)(=O)N1CCC(C)(C)C1. The molecule has 0 spiro atoms. The number of nitrogens with one attached hydrogen (secondary N) is 2. The van der Waals surface area contributed by atoms with Gasteiger partial charge in [-0.15, -0.1) is 0 Å². The van der Waals surface area contributed by atoms with Gasteiger partial charge in [-0.05, 0) is 18.8 Å². The number of aromatic amines is 1. The lowest BCUT2D eigenvalue weighted by Gasteiger charge is -2.20. The summed E-state index contributed by atoms with van der Waals surface area (Å²) < 4.78 is 27.4. The second-order valence-electron chi connectivity index (χ2n) is 6.91. The number of hydrogen-bond acceptors (Lipinski definition) is 4. The van der Waals surface area contributed by atoms with Gasteiger partial charge >= 0.3 is 0 Å². The fourth-order valence-corrected chi connectivity index (χ4v) is 4.59. The summed E-state index contributed by atoms with van der Waals surface area (Å²) in [7, 11) is -3.48. The number of rotatable bonds is 5. The van der Waals surface area contributed by atoms with Crippen LogP contribution in [0.25, 0.3) is 0 Å². The fraction of sp³-hybridized carbons (Fsp3) is 0.786. The molecule has 21 heavy (non-hydrogen) atoms. The zero-order valence-corrected chi connectivity index (χ0v) is 14.3. The molecule has 6 nitrogen and oxygen atoms in total. The molecule has 2 N–H and O–H groups in total. The highest BCUT2D eigenvalue weighted by atomic mass is 32.2. The molecule has 0 aromatic carbocycles. The van der Waals surface area contributed by atoms with Crippen LogP contribution in [-0.4, -0.2) is 42.1 Å². The molecule has 0 amide bonds. The molecule has 120 valence electrons. The average molecular weight is 314 g/mol. The molecule has 0 radical (unpaired) electrons. The highest BCUT2D eigenvalue weighted by molar-refractivity contribution is 7.89. The van der Waals surface area contributed by atoms with Crippen LogP contribution in [0.2, 0.25) is 0 Å². The van der Waals surface area contributed by atoms with Crippen LogP contribution in [0.15, 0.2) is 4.90 Å². The number of aryl methyl sites for hydroxylation is 1. The van der Waals surface area contributed by atoms with Gasteiger partial charge in [0.2, 0.25) is 10.0 Å². The molecule has 1 aromatic rings. The van der Waals surface area contributed by atoms with Gasteiger partial charge in [-0.2, -0.15) is 9.40 Å². The first-order valence-corrected chi connectivity index (χ1v) is 8.85. The van der Waals surface area contributed by atoms with E-state index in [0.29, 0.717) is 35.9 Å². The highest BCUT2D eigenvalue weighted by Gasteiger charge is 2.39. The fourth-order valence-electron chi connectivity index (χ4n) is 2.63. The second kappa shape index (κ2) is 5.70. The lowest BCUT2D eigenvalue weighted by molar-refractivity contribution is 0.375. The molecule has 2 heterocycles. The predicted octanol–water partition coefficient (Wildman–Crippen LogP) is 1.64. The summed E-state index contributed by atoms with van der Waals surface area (Å²) in [6.45, 7) is 11.6. The Hall–Kier alpha value is -0.920. The van der Waals surface area contributed by atoms with Crippen LogP contribution >= 0.6 is 0 Å². The Morgan fingerprint density at radius 1 is 1.43 bits per heavy atom. The van der Waals surface area contributed by atoms with E-state index in [1.54, 1.807) is 11.2 Å². The zero-order chi connectivity index (χ0) is 15.8. The summed E-state index contributed by atoms with van der Waals surface area (Å²) in [6.07, 6.45) is 0.892. The van der Waals surface area contributed by atoms with E-state index < -0.39 is 10.0 Å². The number of hydrogen-bond donors (Lipinski definition) is 2. The lowest BCUT2D eigenvalue weighted by Crippen LogP contribution is -2.32. The van der Waals surface area contributed by atoms with E-state index in [4.69, 9.17) is 0 Å². The molecule has 1 aromatic heterocycles. The van der Waals surface area contributed by atoms with E-state index in [2.05, 4.69) is 29.4 Å². The summed E-state index contributed by atoms with van der Waals surface area (Å²) in [4.78, 5) is 0.341. The Balaban J connectivity index is 2.30. The first-order chi connectivity index (χ1) is 9.63. The number of nitrogens with zero attached hydrogens (tertiary/aromatic N) is 2. The monoisotopic (exact) mass is 314 g/mol. The maximum atomic E-state index is 12.9. The molecule has 0 aliphatic carbocycles. The average Bonchev–Trinajstić information content (AvgIpc) is 2.90. The standard InChI is InChI=1S/C14H26N4O2S/c1-10(2)15-8-12-13(11(3)16-17-12)21(19,20)18-7-6-14(4,5)9-18/h10,15H,6-9H2,1-5H3,(H,16,17). The lowest BCUT2D eigenvalue weighted by atomic mass is 9.93. The van der Waals surface area contributed by atoms with E-state index in [0.717, 1.165) is 6.42 Å². The van der Waals surface area contributed by atoms with Crippen molar-refractivity contribution in [2.24, 2.45) is 5.41 Å². The van der Waals surface area contributed by atoms with Gasteiger partial charge in [0.1, 0.15) is 4.90 Å². The summed E-state index contributed by atoms with van der Waals surface area (Å²) in [5.41, 5.74) is 1.23. The van der Waals surface area contributed by atoms with E-state index in [1.165, 1.54) is 0 Å². The van der Waals surface area contributed by atoms with E-state index in [9.17, 15) is 8.42 Å². The maximum absolute atomic E-state index is 12.9. The smallest absolute Gasteiger partial charge is 0.246 e. The number of aromatic nitrogens is 2.